The largest absolute Gasteiger partial charge is 0.383 e. The number of hydrogen-bond acceptors (Lipinski definition) is 3. The Kier molecular flexibility index (Phi) is 4.07. The van der Waals surface area contributed by atoms with E-state index in [0.29, 0.717) is 12.4 Å². The van der Waals surface area contributed by atoms with Crippen LogP contribution in [0.3, 0.4) is 0 Å². The second-order valence-corrected chi connectivity index (χ2v) is 4.36. The normalized spacial score (nSPS) is 20.7. The number of aliphatic imine (C=N–C) groups is 1. The maximum absolute atomic E-state index is 6.96. The van der Waals surface area contributed by atoms with E-state index in [0.717, 1.165) is 36.2 Å². The number of nitrogens with one attached hydrogen (secondary N) is 2. The SMILES string of the molecule is Cc1cc(C(N)=NC=N)cc(C2COCCN2)c1. The molecule has 18 heavy (non-hydrogen) atoms. The van der Waals surface area contributed by atoms with Gasteiger partial charge in [-0.05, 0) is 24.6 Å². The average Bonchev–Trinajstić information content (AvgIpc) is 2.39. The Morgan fingerprint density at radius 1 is 1.56 bits per heavy atom. The van der Waals surface area contributed by atoms with Gasteiger partial charge in [0, 0.05) is 12.1 Å². The zero-order valence-corrected chi connectivity index (χ0v) is 10.4. The quantitative estimate of drug-likeness (QED) is 0.549. The molecule has 4 N–H and O–H groups in total. The van der Waals surface area contributed by atoms with Crippen molar-refractivity contribution < 1.29 is 4.74 Å². The molecule has 96 valence electrons. The van der Waals surface area contributed by atoms with Crippen LogP contribution in [0, 0.1) is 12.3 Å². The third kappa shape index (κ3) is 2.94. The molecule has 1 aliphatic heterocycles. The smallest absolute Gasteiger partial charge is 0.132 e. The molecule has 1 atom stereocenters. The lowest BCUT2D eigenvalue weighted by Crippen LogP contribution is -2.34. The highest BCUT2D eigenvalue weighted by Crippen LogP contribution is 2.19. The summed E-state index contributed by atoms with van der Waals surface area (Å²) in [6, 6.07) is 6.29. The molecular weight excluding hydrogens is 228 g/mol. The van der Waals surface area contributed by atoms with Crippen molar-refractivity contribution >= 4 is 12.2 Å². The summed E-state index contributed by atoms with van der Waals surface area (Å²) in [7, 11) is 0. The Hall–Kier alpha value is -1.72. The van der Waals surface area contributed by atoms with Gasteiger partial charge in [0.1, 0.15) is 12.2 Å². The van der Waals surface area contributed by atoms with Gasteiger partial charge in [-0.3, -0.25) is 5.41 Å². The minimum Gasteiger partial charge on any atom is -0.383 e. The molecule has 0 radical (unpaired) electrons. The molecule has 0 amide bonds. The third-order valence-corrected chi connectivity index (χ3v) is 2.92. The van der Waals surface area contributed by atoms with Crippen molar-refractivity contribution in [2.75, 3.05) is 19.8 Å². The van der Waals surface area contributed by atoms with Crippen LogP contribution in [0.2, 0.25) is 0 Å². The maximum Gasteiger partial charge on any atom is 0.132 e. The van der Waals surface area contributed by atoms with Crippen LogP contribution in [-0.4, -0.2) is 31.9 Å². The molecule has 1 unspecified atom stereocenters. The Morgan fingerprint density at radius 2 is 2.39 bits per heavy atom. The maximum atomic E-state index is 6.96. The fourth-order valence-electron chi connectivity index (χ4n) is 2.09. The lowest BCUT2D eigenvalue weighted by atomic mass is 10.00. The molecule has 1 saturated heterocycles. The summed E-state index contributed by atoms with van der Waals surface area (Å²) in [6.45, 7) is 4.31. The van der Waals surface area contributed by atoms with Crippen molar-refractivity contribution in [2.45, 2.75) is 13.0 Å². The van der Waals surface area contributed by atoms with E-state index >= 15 is 0 Å². The Labute approximate surface area is 107 Å². The average molecular weight is 246 g/mol. The molecule has 1 aliphatic rings. The molecule has 1 aromatic rings. The Balaban J connectivity index is 2.31. The van der Waals surface area contributed by atoms with Gasteiger partial charge in [-0.15, -0.1) is 0 Å². The van der Waals surface area contributed by atoms with Gasteiger partial charge in [-0.1, -0.05) is 11.6 Å². The Morgan fingerprint density at radius 3 is 3.06 bits per heavy atom. The number of morpholine rings is 1. The van der Waals surface area contributed by atoms with Gasteiger partial charge in [0.15, 0.2) is 0 Å². The summed E-state index contributed by atoms with van der Waals surface area (Å²) in [5.74, 6) is 0.367. The number of ether oxygens (including phenoxy) is 1. The third-order valence-electron chi connectivity index (χ3n) is 2.92. The van der Waals surface area contributed by atoms with Crippen LogP contribution in [0.1, 0.15) is 22.7 Å². The zero-order chi connectivity index (χ0) is 13.0. The molecule has 1 fully saturated rings. The van der Waals surface area contributed by atoms with E-state index in [1.54, 1.807) is 0 Å². The van der Waals surface area contributed by atoms with Gasteiger partial charge < -0.3 is 15.8 Å². The Bertz CT molecular complexity index is 464. The fraction of sp³-hybridized carbons (Fsp3) is 0.385. The number of rotatable bonds is 3. The molecule has 0 aromatic heterocycles. The molecule has 0 aliphatic carbocycles. The molecule has 0 bridgehead atoms. The van der Waals surface area contributed by atoms with Gasteiger partial charge in [-0.2, -0.15) is 0 Å². The standard InChI is InChI=1S/C13H18N4O/c1-9-4-10(12-7-18-3-2-16-12)6-11(5-9)13(15)17-8-14/h4-6,8,12,16H,2-3,7H2,1H3,(H3,14,15,17). The van der Waals surface area contributed by atoms with E-state index in [9.17, 15) is 0 Å². The summed E-state index contributed by atoms with van der Waals surface area (Å²) in [5, 5.41) is 10.4. The van der Waals surface area contributed by atoms with Crippen LogP contribution in [0.5, 0.6) is 0 Å². The van der Waals surface area contributed by atoms with E-state index < -0.39 is 0 Å². The second kappa shape index (κ2) is 5.75. The van der Waals surface area contributed by atoms with E-state index in [4.69, 9.17) is 15.9 Å². The molecule has 5 heteroatoms. The lowest BCUT2D eigenvalue weighted by Gasteiger charge is -2.25. The predicted octanol–water partition coefficient (Wildman–Crippen LogP) is 0.968. The number of nitrogens with two attached hydrogens (primary N) is 1. The van der Waals surface area contributed by atoms with Crippen molar-refractivity contribution in [3.63, 3.8) is 0 Å². The number of hydrogen-bond donors (Lipinski definition) is 3. The van der Waals surface area contributed by atoms with Gasteiger partial charge in [0.2, 0.25) is 0 Å². The highest BCUT2D eigenvalue weighted by atomic mass is 16.5. The van der Waals surface area contributed by atoms with E-state index in [-0.39, 0.29) is 6.04 Å². The molecule has 5 nitrogen and oxygen atoms in total. The van der Waals surface area contributed by atoms with Crippen LogP contribution in [0.4, 0.5) is 0 Å². The van der Waals surface area contributed by atoms with E-state index in [2.05, 4.69) is 16.4 Å². The summed E-state index contributed by atoms with van der Waals surface area (Å²) in [4.78, 5) is 3.81. The highest BCUT2D eigenvalue weighted by molar-refractivity contribution is 6.01. The predicted molar refractivity (Wildman–Crippen MR) is 72.2 cm³/mol. The van der Waals surface area contributed by atoms with Gasteiger partial charge in [0.25, 0.3) is 0 Å². The zero-order valence-electron chi connectivity index (χ0n) is 10.4. The fourth-order valence-corrected chi connectivity index (χ4v) is 2.09. The minimum atomic E-state index is 0.199. The molecule has 1 heterocycles. The van der Waals surface area contributed by atoms with Gasteiger partial charge >= 0.3 is 0 Å². The van der Waals surface area contributed by atoms with Crippen molar-refractivity contribution in [1.82, 2.24) is 5.32 Å². The molecule has 2 rings (SSSR count). The van der Waals surface area contributed by atoms with Crippen molar-refractivity contribution in [3.8, 4) is 0 Å². The number of aryl methyl sites for hydroxylation is 1. The van der Waals surface area contributed by atoms with Crippen molar-refractivity contribution in [3.05, 3.63) is 34.9 Å². The number of benzene rings is 1. The molecule has 1 aromatic carbocycles. The first-order chi connectivity index (χ1) is 8.70. The van der Waals surface area contributed by atoms with Crippen LogP contribution in [0.25, 0.3) is 0 Å². The topological polar surface area (TPSA) is 83.5 Å². The number of nitrogens with zero attached hydrogens (tertiary/aromatic N) is 1. The van der Waals surface area contributed by atoms with Crippen LogP contribution in [-0.2, 0) is 4.74 Å². The van der Waals surface area contributed by atoms with Crippen molar-refractivity contribution in [1.29, 1.82) is 5.41 Å². The second-order valence-electron chi connectivity index (χ2n) is 4.36. The summed E-state index contributed by atoms with van der Waals surface area (Å²) in [5.41, 5.74) is 8.94. The molecule has 0 spiro atoms. The first-order valence-corrected chi connectivity index (χ1v) is 5.96. The summed E-state index contributed by atoms with van der Waals surface area (Å²) < 4.78 is 5.46. The monoisotopic (exact) mass is 246 g/mol. The molecule has 0 saturated carbocycles. The highest BCUT2D eigenvalue weighted by Gasteiger charge is 2.16. The molecular formula is C13H18N4O. The van der Waals surface area contributed by atoms with Gasteiger partial charge in [0.05, 0.1) is 19.3 Å². The summed E-state index contributed by atoms with van der Waals surface area (Å²) >= 11 is 0. The van der Waals surface area contributed by atoms with Crippen LogP contribution in [0.15, 0.2) is 23.2 Å². The van der Waals surface area contributed by atoms with Crippen molar-refractivity contribution in [2.24, 2.45) is 10.7 Å². The van der Waals surface area contributed by atoms with Crippen LogP contribution < -0.4 is 11.1 Å². The summed E-state index contributed by atoms with van der Waals surface area (Å²) in [6.07, 6.45) is 0.958. The first kappa shape index (κ1) is 12.7. The van der Waals surface area contributed by atoms with E-state index in [1.807, 2.05) is 19.1 Å². The van der Waals surface area contributed by atoms with E-state index in [1.165, 1.54) is 0 Å². The van der Waals surface area contributed by atoms with Gasteiger partial charge in [-0.25, -0.2) is 4.99 Å². The lowest BCUT2D eigenvalue weighted by molar-refractivity contribution is 0.0768. The first-order valence-electron chi connectivity index (χ1n) is 5.96. The minimum absolute atomic E-state index is 0.199. The van der Waals surface area contributed by atoms with Crippen LogP contribution >= 0.6 is 0 Å². The number of amidine groups is 1.